The summed E-state index contributed by atoms with van der Waals surface area (Å²) < 4.78 is 37.6. The van der Waals surface area contributed by atoms with E-state index in [4.69, 9.17) is 9.47 Å². The molecule has 0 aliphatic carbocycles. The Hall–Kier alpha value is -1.87. The molecule has 1 heterocycles. The number of sulfonamides is 1. The summed E-state index contributed by atoms with van der Waals surface area (Å²) in [6.45, 7) is 3.50. The Morgan fingerprint density at radius 3 is 2.64 bits per heavy atom. The van der Waals surface area contributed by atoms with Crippen LogP contribution in [0.15, 0.2) is 58.3 Å². The lowest BCUT2D eigenvalue weighted by Crippen LogP contribution is -2.40. The molecule has 0 spiro atoms. The van der Waals surface area contributed by atoms with Crippen LogP contribution in [0.25, 0.3) is 0 Å². The molecule has 28 heavy (non-hydrogen) atoms. The number of nitrogens with zero attached hydrogens (tertiary/aromatic N) is 1. The van der Waals surface area contributed by atoms with Crippen LogP contribution in [-0.2, 0) is 26.1 Å². The normalized spacial score (nSPS) is 15.3. The lowest BCUT2D eigenvalue weighted by molar-refractivity contribution is 0.0468. The largest absolute Gasteiger partial charge is 0.457 e. The number of thioether (sulfide) groups is 1. The van der Waals surface area contributed by atoms with E-state index in [1.165, 1.54) is 4.31 Å². The standard InChI is InChI=1S/C20H23NO5S2/c1-2-27-19-9-4-3-8-18(19)20(22)26-15-16-6-5-7-17(14-16)28(23,24)21-10-12-25-13-11-21/h3-9,14H,2,10-13,15H2,1H3. The second-order valence-electron chi connectivity index (χ2n) is 6.17. The third-order valence-corrected chi connectivity index (χ3v) is 7.13. The van der Waals surface area contributed by atoms with Gasteiger partial charge in [0.2, 0.25) is 10.0 Å². The minimum absolute atomic E-state index is 0.0103. The van der Waals surface area contributed by atoms with Gasteiger partial charge < -0.3 is 9.47 Å². The number of hydrogen-bond acceptors (Lipinski definition) is 6. The molecule has 1 saturated heterocycles. The number of hydrogen-bond donors (Lipinski definition) is 0. The molecular formula is C20H23NO5S2. The minimum atomic E-state index is -3.58. The molecule has 0 bridgehead atoms. The van der Waals surface area contributed by atoms with E-state index < -0.39 is 16.0 Å². The Labute approximate surface area is 169 Å². The van der Waals surface area contributed by atoms with Gasteiger partial charge in [-0.1, -0.05) is 31.2 Å². The number of benzene rings is 2. The number of esters is 1. The van der Waals surface area contributed by atoms with Crippen molar-refractivity contribution in [2.45, 2.75) is 23.3 Å². The van der Waals surface area contributed by atoms with Crippen LogP contribution in [0.2, 0.25) is 0 Å². The zero-order chi connectivity index (χ0) is 20.0. The SMILES string of the molecule is CCSc1ccccc1C(=O)OCc1cccc(S(=O)(=O)N2CCOCC2)c1. The summed E-state index contributed by atoms with van der Waals surface area (Å²) in [5, 5.41) is 0. The summed E-state index contributed by atoms with van der Waals surface area (Å²) in [4.78, 5) is 13.5. The maximum absolute atomic E-state index is 12.8. The maximum atomic E-state index is 12.8. The zero-order valence-corrected chi connectivity index (χ0v) is 17.3. The van der Waals surface area contributed by atoms with Crippen molar-refractivity contribution in [1.29, 1.82) is 0 Å². The molecule has 1 fully saturated rings. The molecule has 6 nitrogen and oxygen atoms in total. The summed E-state index contributed by atoms with van der Waals surface area (Å²) in [5.74, 6) is 0.434. The van der Waals surface area contributed by atoms with Crippen molar-refractivity contribution in [3.8, 4) is 0 Å². The van der Waals surface area contributed by atoms with Crippen LogP contribution in [0.5, 0.6) is 0 Å². The van der Waals surface area contributed by atoms with Gasteiger partial charge in [-0.3, -0.25) is 0 Å². The van der Waals surface area contributed by atoms with E-state index in [1.54, 1.807) is 48.2 Å². The van der Waals surface area contributed by atoms with Crippen LogP contribution >= 0.6 is 11.8 Å². The lowest BCUT2D eigenvalue weighted by atomic mass is 10.2. The summed E-state index contributed by atoms with van der Waals surface area (Å²) in [6, 6.07) is 13.8. The molecule has 0 amide bonds. The second-order valence-corrected chi connectivity index (χ2v) is 9.41. The van der Waals surface area contributed by atoms with Crippen molar-refractivity contribution in [2.24, 2.45) is 0 Å². The van der Waals surface area contributed by atoms with Crippen LogP contribution < -0.4 is 0 Å². The quantitative estimate of drug-likeness (QED) is 0.505. The minimum Gasteiger partial charge on any atom is -0.457 e. The number of rotatable bonds is 7. The molecule has 2 aromatic rings. The molecule has 1 aliphatic rings. The average molecular weight is 422 g/mol. The van der Waals surface area contributed by atoms with Gasteiger partial charge in [-0.05, 0) is 35.6 Å². The van der Waals surface area contributed by atoms with E-state index in [0.29, 0.717) is 37.4 Å². The molecule has 0 N–H and O–H groups in total. The first kappa shape index (κ1) is 20.9. The summed E-state index contributed by atoms with van der Waals surface area (Å²) >= 11 is 1.58. The predicted octanol–water partition coefficient (Wildman–Crippen LogP) is 3.18. The third-order valence-electron chi connectivity index (χ3n) is 4.28. The predicted molar refractivity (Wildman–Crippen MR) is 108 cm³/mol. The van der Waals surface area contributed by atoms with Crippen LogP contribution in [0.1, 0.15) is 22.8 Å². The molecule has 0 unspecified atom stereocenters. The highest BCUT2D eigenvalue weighted by Gasteiger charge is 2.26. The zero-order valence-electron chi connectivity index (χ0n) is 15.7. The van der Waals surface area contributed by atoms with E-state index in [1.807, 2.05) is 19.1 Å². The van der Waals surface area contributed by atoms with Crippen molar-refractivity contribution in [3.63, 3.8) is 0 Å². The topological polar surface area (TPSA) is 72.9 Å². The van der Waals surface area contributed by atoms with Gasteiger partial charge in [0.05, 0.1) is 23.7 Å². The molecule has 0 saturated carbocycles. The van der Waals surface area contributed by atoms with Crippen molar-refractivity contribution in [3.05, 3.63) is 59.7 Å². The van der Waals surface area contributed by atoms with Crippen molar-refractivity contribution >= 4 is 27.8 Å². The first-order chi connectivity index (χ1) is 13.5. The Balaban J connectivity index is 1.71. The van der Waals surface area contributed by atoms with Gasteiger partial charge in [0.1, 0.15) is 6.61 Å². The van der Waals surface area contributed by atoms with Gasteiger partial charge in [-0.25, -0.2) is 13.2 Å². The number of carbonyl (C=O) groups is 1. The highest BCUT2D eigenvalue weighted by Crippen LogP contribution is 2.24. The Kier molecular flexibility index (Phi) is 7.12. The highest BCUT2D eigenvalue weighted by molar-refractivity contribution is 7.99. The fraction of sp³-hybridized carbons (Fsp3) is 0.350. The van der Waals surface area contributed by atoms with Gasteiger partial charge in [0.15, 0.2) is 0 Å². The van der Waals surface area contributed by atoms with E-state index in [2.05, 4.69) is 0 Å². The molecule has 1 aliphatic heterocycles. The van der Waals surface area contributed by atoms with Crippen molar-refractivity contribution < 1.29 is 22.7 Å². The van der Waals surface area contributed by atoms with Gasteiger partial charge >= 0.3 is 5.97 Å². The molecule has 2 aromatic carbocycles. The van der Waals surface area contributed by atoms with Crippen LogP contribution in [0.3, 0.4) is 0 Å². The van der Waals surface area contributed by atoms with Crippen LogP contribution in [-0.4, -0.2) is 50.7 Å². The highest BCUT2D eigenvalue weighted by atomic mass is 32.2. The number of carbonyl (C=O) groups excluding carboxylic acids is 1. The smallest absolute Gasteiger partial charge is 0.339 e. The van der Waals surface area contributed by atoms with Gasteiger partial charge in [0.25, 0.3) is 0 Å². The first-order valence-electron chi connectivity index (χ1n) is 9.08. The Morgan fingerprint density at radius 1 is 1.14 bits per heavy atom. The molecule has 0 radical (unpaired) electrons. The molecular weight excluding hydrogens is 398 g/mol. The third kappa shape index (κ3) is 4.94. The first-order valence-corrected chi connectivity index (χ1v) is 11.5. The molecule has 0 aromatic heterocycles. The fourth-order valence-corrected chi connectivity index (χ4v) is 5.15. The number of ether oxygens (including phenoxy) is 2. The Bertz CT molecular complexity index is 924. The molecule has 3 rings (SSSR count). The molecule has 0 atom stereocenters. The van der Waals surface area contributed by atoms with Gasteiger partial charge in [-0.2, -0.15) is 4.31 Å². The monoisotopic (exact) mass is 421 g/mol. The van der Waals surface area contributed by atoms with E-state index in [-0.39, 0.29) is 11.5 Å². The molecule has 150 valence electrons. The van der Waals surface area contributed by atoms with Crippen molar-refractivity contribution in [2.75, 3.05) is 32.1 Å². The second kappa shape index (κ2) is 9.56. The maximum Gasteiger partial charge on any atom is 0.339 e. The van der Waals surface area contributed by atoms with E-state index in [9.17, 15) is 13.2 Å². The van der Waals surface area contributed by atoms with Crippen LogP contribution in [0, 0.1) is 0 Å². The Morgan fingerprint density at radius 2 is 1.89 bits per heavy atom. The fourth-order valence-electron chi connectivity index (χ4n) is 2.88. The van der Waals surface area contributed by atoms with E-state index in [0.717, 1.165) is 10.6 Å². The lowest BCUT2D eigenvalue weighted by Gasteiger charge is -2.26. The molecule has 8 heteroatoms. The number of morpholine rings is 1. The van der Waals surface area contributed by atoms with Crippen LogP contribution in [0.4, 0.5) is 0 Å². The van der Waals surface area contributed by atoms with Gasteiger partial charge in [-0.15, -0.1) is 11.8 Å². The van der Waals surface area contributed by atoms with Gasteiger partial charge in [0, 0.05) is 18.0 Å². The summed E-state index contributed by atoms with van der Waals surface area (Å²) in [6.07, 6.45) is 0. The summed E-state index contributed by atoms with van der Waals surface area (Å²) in [5.41, 5.74) is 1.15. The average Bonchev–Trinajstić information content (AvgIpc) is 2.73. The van der Waals surface area contributed by atoms with Crippen molar-refractivity contribution in [1.82, 2.24) is 4.31 Å². The van der Waals surface area contributed by atoms with E-state index >= 15 is 0 Å². The summed E-state index contributed by atoms with van der Waals surface area (Å²) in [7, 11) is -3.58.